The lowest BCUT2D eigenvalue weighted by atomic mass is 9.97. The van der Waals surface area contributed by atoms with Gasteiger partial charge in [-0.3, -0.25) is 4.90 Å². The van der Waals surface area contributed by atoms with Gasteiger partial charge in [-0.1, -0.05) is 25.7 Å². The Balaban J connectivity index is 1.49. The van der Waals surface area contributed by atoms with Crippen LogP contribution in [0.5, 0.6) is 0 Å². The predicted molar refractivity (Wildman–Crippen MR) is 81.2 cm³/mol. The van der Waals surface area contributed by atoms with Gasteiger partial charge in [-0.25, -0.2) is 4.98 Å². The summed E-state index contributed by atoms with van der Waals surface area (Å²) in [5.41, 5.74) is 5.72. The van der Waals surface area contributed by atoms with Crippen LogP contribution in [0.1, 0.15) is 56.2 Å². The van der Waals surface area contributed by atoms with Gasteiger partial charge in [0.1, 0.15) is 0 Å². The van der Waals surface area contributed by atoms with Crippen molar-refractivity contribution in [2.45, 2.75) is 64.0 Å². The minimum Gasteiger partial charge on any atom is -0.375 e. The number of rotatable bonds is 5. The number of nitrogens with zero attached hydrogens (tertiary/aromatic N) is 2. The first-order valence-electron chi connectivity index (χ1n) is 7.75. The summed E-state index contributed by atoms with van der Waals surface area (Å²) in [6.45, 7) is 2.32. The van der Waals surface area contributed by atoms with E-state index in [-0.39, 0.29) is 0 Å². The monoisotopic (exact) mass is 279 g/mol. The zero-order valence-electron chi connectivity index (χ0n) is 11.7. The van der Waals surface area contributed by atoms with Crippen LogP contribution in [0.3, 0.4) is 0 Å². The number of hydrogen-bond acceptors (Lipinski definition) is 4. The predicted octanol–water partition coefficient (Wildman–Crippen LogP) is 3.66. The van der Waals surface area contributed by atoms with Gasteiger partial charge >= 0.3 is 0 Å². The summed E-state index contributed by atoms with van der Waals surface area (Å²) in [6, 6.07) is 0.809. The minimum atomic E-state index is 0.705. The number of thiazole rings is 1. The van der Waals surface area contributed by atoms with Gasteiger partial charge in [0.15, 0.2) is 5.13 Å². The molecule has 2 heterocycles. The van der Waals surface area contributed by atoms with Crippen molar-refractivity contribution in [1.29, 1.82) is 0 Å². The minimum absolute atomic E-state index is 0.705. The molecule has 3 rings (SSSR count). The molecule has 0 spiro atoms. The van der Waals surface area contributed by atoms with Crippen LogP contribution in [-0.2, 0) is 6.54 Å². The Morgan fingerprint density at radius 1 is 1.21 bits per heavy atom. The van der Waals surface area contributed by atoms with Gasteiger partial charge in [-0.05, 0) is 38.1 Å². The van der Waals surface area contributed by atoms with Gasteiger partial charge in [0.2, 0.25) is 0 Å². The van der Waals surface area contributed by atoms with Crippen LogP contribution in [0.4, 0.5) is 5.13 Å². The van der Waals surface area contributed by atoms with Crippen LogP contribution in [0.15, 0.2) is 6.20 Å². The standard InChI is InChI=1S/C15H25N3S/c16-15-17-10-14(19-15)11-18-9-3-6-13(18)8-7-12-4-1-2-5-12/h10,12-13H,1-9,11H2,(H2,16,17). The van der Waals surface area contributed by atoms with Gasteiger partial charge < -0.3 is 5.73 Å². The molecule has 0 aromatic carbocycles. The number of aromatic nitrogens is 1. The van der Waals surface area contributed by atoms with E-state index in [1.807, 2.05) is 6.20 Å². The Morgan fingerprint density at radius 2 is 2.05 bits per heavy atom. The highest BCUT2D eigenvalue weighted by atomic mass is 32.1. The normalized spacial score (nSPS) is 25.4. The summed E-state index contributed by atoms with van der Waals surface area (Å²) >= 11 is 1.65. The van der Waals surface area contributed by atoms with E-state index >= 15 is 0 Å². The van der Waals surface area contributed by atoms with Gasteiger partial charge in [0.25, 0.3) is 0 Å². The molecule has 2 N–H and O–H groups in total. The summed E-state index contributed by atoms with van der Waals surface area (Å²) in [6.07, 6.45) is 13.5. The second-order valence-corrected chi connectivity index (χ2v) is 7.31. The molecule has 1 unspecified atom stereocenters. The highest BCUT2D eigenvalue weighted by Gasteiger charge is 2.26. The Labute approximate surface area is 120 Å². The van der Waals surface area contributed by atoms with Crippen LogP contribution in [0, 0.1) is 5.92 Å². The molecule has 1 aromatic heterocycles. The zero-order chi connectivity index (χ0) is 13.1. The van der Waals surface area contributed by atoms with Crippen molar-refractivity contribution in [3.63, 3.8) is 0 Å². The van der Waals surface area contributed by atoms with Crippen LogP contribution in [0.2, 0.25) is 0 Å². The van der Waals surface area contributed by atoms with Crippen molar-refractivity contribution in [2.75, 3.05) is 12.3 Å². The second kappa shape index (κ2) is 6.23. The summed E-state index contributed by atoms with van der Waals surface area (Å²) in [5.74, 6) is 1.03. The summed E-state index contributed by atoms with van der Waals surface area (Å²) in [5, 5.41) is 0.705. The number of nitrogen functional groups attached to an aromatic ring is 1. The molecule has 0 bridgehead atoms. The molecule has 1 saturated heterocycles. The molecule has 0 radical (unpaired) electrons. The Bertz CT molecular complexity index is 398. The number of nitrogens with two attached hydrogens (primary N) is 1. The molecule has 2 fully saturated rings. The molecule has 19 heavy (non-hydrogen) atoms. The molecule has 4 heteroatoms. The van der Waals surface area contributed by atoms with E-state index in [1.165, 1.54) is 62.8 Å². The largest absolute Gasteiger partial charge is 0.375 e. The maximum atomic E-state index is 5.72. The van der Waals surface area contributed by atoms with Crippen molar-refractivity contribution >= 4 is 16.5 Å². The third-order valence-corrected chi connectivity index (χ3v) is 5.62. The molecule has 1 aliphatic heterocycles. The van der Waals surface area contributed by atoms with Gasteiger partial charge in [-0.15, -0.1) is 11.3 Å². The van der Waals surface area contributed by atoms with E-state index < -0.39 is 0 Å². The summed E-state index contributed by atoms with van der Waals surface area (Å²) < 4.78 is 0. The Morgan fingerprint density at radius 3 is 2.79 bits per heavy atom. The number of anilines is 1. The first kappa shape index (κ1) is 13.4. The molecular weight excluding hydrogens is 254 g/mol. The van der Waals surface area contributed by atoms with E-state index in [9.17, 15) is 0 Å². The highest BCUT2D eigenvalue weighted by molar-refractivity contribution is 7.15. The zero-order valence-corrected chi connectivity index (χ0v) is 12.5. The van der Waals surface area contributed by atoms with E-state index in [4.69, 9.17) is 5.73 Å². The van der Waals surface area contributed by atoms with E-state index in [0.717, 1.165) is 18.5 Å². The van der Waals surface area contributed by atoms with Crippen molar-refractivity contribution in [2.24, 2.45) is 5.92 Å². The Kier molecular flexibility index (Phi) is 4.38. The van der Waals surface area contributed by atoms with E-state index in [0.29, 0.717) is 5.13 Å². The van der Waals surface area contributed by atoms with Crippen molar-refractivity contribution in [3.8, 4) is 0 Å². The van der Waals surface area contributed by atoms with Crippen LogP contribution in [0.25, 0.3) is 0 Å². The molecule has 2 aliphatic rings. The number of hydrogen-bond donors (Lipinski definition) is 1. The van der Waals surface area contributed by atoms with Crippen molar-refractivity contribution in [3.05, 3.63) is 11.1 Å². The summed E-state index contributed by atoms with van der Waals surface area (Å²) in [7, 11) is 0. The van der Waals surface area contributed by atoms with E-state index in [1.54, 1.807) is 11.3 Å². The van der Waals surface area contributed by atoms with E-state index in [2.05, 4.69) is 9.88 Å². The summed E-state index contributed by atoms with van der Waals surface area (Å²) in [4.78, 5) is 8.14. The highest BCUT2D eigenvalue weighted by Crippen LogP contribution is 2.32. The molecule has 1 aromatic rings. The average molecular weight is 279 g/mol. The lowest BCUT2D eigenvalue weighted by Crippen LogP contribution is -2.28. The third-order valence-electron chi connectivity index (χ3n) is 4.81. The van der Waals surface area contributed by atoms with Crippen molar-refractivity contribution < 1.29 is 0 Å². The fourth-order valence-corrected chi connectivity index (χ4v) is 4.46. The van der Waals surface area contributed by atoms with Gasteiger partial charge in [0.05, 0.1) is 0 Å². The number of likely N-dealkylation sites (tertiary alicyclic amines) is 1. The van der Waals surface area contributed by atoms with Crippen LogP contribution in [-0.4, -0.2) is 22.5 Å². The fraction of sp³-hybridized carbons (Fsp3) is 0.800. The van der Waals surface area contributed by atoms with Crippen LogP contribution < -0.4 is 5.73 Å². The molecule has 1 saturated carbocycles. The lowest BCUT2D eigenvalue weighted by Gasteiger charge is -2.24. The first-order chi connectivity index (χ1) is 9.31. The molecular formula is C15H25N3S. The van der Waals surface area contributed by atoms with Crippen LogP contribution >= 0.6 is 11.3 Å². The first-order valence-corrected chi connectivity index (χ1v) is 8.57. The SMILES string of the molecule is Nc1ncc(CN2CCCC2CCC2CCCC2)s1. The smallest absolute Gasteiger partial charge is 0.180 e. The van der Waals surface area contributed by atoms with Crippen molar-refractivity contribution in [1.82, 2.24) is 9.88 Å². The molecule has 1 aliphatic carbocycles. The Hall–Kier alpha value is -0.610. The molecule has 3 nitrogen and oxygen atoms in total. The third kappa shape index (κ3) is 3.48. The average Bonchev–Trinajstić information content (AvgIpc) is 3.10. The lowest BCUT2D eigenvalue weighted by molar-refractivity contribution is 0.224. The second-order valence-electron chi connectivity index (χ2n) is 6.16. The molecule has 1 atom stereocenters. The van der Waals surface area contributed by atoms with Gasteiger partial charge in [0, 0.05) is 23.7 Å². The topological polar surface area (TPSA) is 42.1 Å². The van der Waals surface area contributed by atoms with Gasteiger partial charge in [-0.2, -0.15) is 0 Å². The maximum absolute atomic E-state index is 5.72. The molecule has 0 amide bonds. The fourth-order valence-electron chi connectivity index (χ4n) is 3.75. The quantitative estimate of drug-likeness (QED) is 0.894. The maximum Gasteiger partial charge on any atom is 0.180 e. The molecule has 106 valence electrons.